The first kappa shape index (κ1) is 10.9. The van der Waals surface area contributed by atoms with Crippen LogP contribution in [-0.4, -0.2) is 32.0 Å². The summed E-state index contributed by atoms with van der Waals surface area (Å²) in [6.07, 6.45) is 0.223. The molecule has 0 aliphatic carbocycles. The molecule has 0 aromatic carbocycles. The van der Waals surface area contributed by atoms with Gasteiger partial charge in [-0.05, 0) is 20.8 Å². The lowest BCUT2D eigenvalue weighted by atomic mass is 10.2. The minimum atomic E-state index is 0.0781. The SMILES string of the molecule is COCC(C)OC(C)[C@@H](C)N. The molecule has 3 heteroatoms. The zero-order valence-corrected chi connectivity index (χ0v) is 7.83. The maximum Gasteiger partial charge on any atom is 0.0784 e. The van der Waals surface area contributed by atoms with Crippen molar-refractivity contribution in [2.24, 2.45) is 5.73 Å². The van der Waals surface area contributed by atoms with Crippen LogP contribution in [0.5, 0.6) is 0 Å². The average Bonchev–Trinajstić information content (AvgIpc) is 1.87. The number of methoxy groups -OCH3 is 1. The van der Waals surface area contributed by atoms with E-state index < -0.39 is 0 Å². The van der Waals surface area contributed by atoms with Crippen LogP contribution in [0.25, 0.3) is 0 Å². The molecule has 2 unspecified atom stereocenters. The summed E-state index contributed by atoms with van der Waals surface area (Å²) in [4.78, 5) is 0. The molecular weight excluding hydrogens is 142 g/mol. The van der Waals surface area contributed by atoms with Crippen LogP contribution in [0.2, 0.25) is 0 Å². The highest BCUT2D eigenvalue weighted by Gasteiger charge is 2.11. The third-order valence-electron chi connectivity index (χ3n) is 1.59. The molecule has 0 fully saturated rings. The monoisotopic (exact) mass is 161 g/mol. The highest BCUT2D eigenvalue weighted by Crippen LogP contribution is 2.00. The molecular formula is C8H19NO2. The maximum atomic E-state index is 5.61. The van der Waals surface area contributed by atoms with Crippen LogP contribution in [0.4, 0.5) is 0 Å². The van der Waals surface area contributed by atoms with Crippen molar-refractivity contribution in [3.05, 3.63) is 0 Å². The van der Waals surface area contributed by atoms with E-state index in [1.54, 1.807) is 7.11 Å². The van der Waals surface area contributed by atoms with Crippen LogP contribution in [0, 0.1) is 0 Å². The third-order valence-corrected chi connectivity index (χ3v) is 1.59. The summed E-state index contributed by atoms with van der Waals surface area (Å²) in [6.45, 7) is 6.50. The Hall–Kier alpha value is -0.120. The summed E-state index contributed by atoms with van der Waals surface area (Å²) in [6, 6.07) is 0.0781. The number of rotatable bonds is 5. The van der Waals surface area contributed by atoms with Crippen molar-refractivity contribution in [1.29, 1.82) is 0 Å². The molecule has 0 amide bonds. The Kier molecular flexibility index (Phi) is 5.46. The second kappa shape index (κ2) is 5.52. The van der Waals surface area contributed by atoms with E-state index >= 15 is 0 Å². The van der Waals surface area contributed by atoms with Crippen LogP contribution in [0.3, 0.4) is 0 Å². The minimum Gasteiger partial charge on any atom is -0.382 e. The van der Waals surface area contributed by atoms with Gasteiger partial charge in [0, 0.05) is 13.2 Å². The van der Waals surface area contributed by atoms with Crippen molar-refractivity contribution in [2.75, 3.05) is 13.7 Å². The molecule has 0 radical (unpaired) electrons. The minimum absolute atomic E-state index is 0.0781. The summed E-state index contributed by atoms with van der Waals surface area (Å²) < 4.78 is 10.4. The van der Waals surface area contributed by atoms with Gasteiger partial charge < -0.3 is 15.2 Å². The lowest BCUT2D eigenvalue weighted by Crippen LogP contribution is -2.35. The Balaban J connectivity index is 3.48. The molecule has 0 bridgehead atoms. The first-order chi connectivity index (χ1) is 5.07. The first-order valence-electron chi connectivity index (χ1n) is 3.98. The molecule has 0 heterocycles. The molecule has 3 atom stereocenters. The van der Waals surface area contributed by atoms with E-state index in [-0.39, 0.29) is 18.2 Å². The topological polar surface area (TPSA) is 44.5 Å². The van der Waals surface area contributed by atoms with Crippen LogP contribution < -0.4 is 5.73 Å². The number of nitrogens with two attached hydrogens (primary N) is 1. The van der Waals surface area contributed by atoms with Gasteiger partial charge >= 0.3 is 0 Å². The van der Waals surface area contributed by atoms with Gasteiger partial charge in [0.1, 0.15) is 0 Å². The van der Waals surface area contributed by atoms with Crippen LogP contribution in [-0.2, 0) is 9.47 Å². The fourth-order valence-electron chi connectivity index (χ4n) is 0.764. The fourth-order valence-corrected chi connectivity index (χ4v) is 0.764. The summed E-state index contributed by atoms with van der Waals surface area (Å²) in [5, 5.41) is 0. The molecule has 0 saturated heterocycles. The first-order valence-corrected chi connectivity index (χ1v) is 3.98. The Morgan fingerprint density at radius 1 is 1.27 bits per heavy atom. The van der Waals surface area contributed by atoms with Crippen LogP contribution >= 0.6 is 0 Å². The predicted octanol–water partition coefficient (Wildman–Crippen LogP) is 0.774. The Bertz CT molecular complexity index is 96.1. The molecule has 0 aromatic rings. The molecule has 0 aromatic heterocycles. The second-order valence-electron chi connectivity index (χ2n) is 2.97. The van der Waals surface area contributed by atoms with Gasteiger partial charge in [0.2, 0.25) is 0 Å². The fraction of sp³-hybridized carbons (Fsp3) is 1.00. The smallest absolute Gasteiger partial charge is 0.0784 e. The van der Waals surface area contributed by atoms with E-state index in [0.717, 1.165) is 0 Å². The van der Waals surface area contributed by atoms with Gasteiger partial charge in [0.05, 0.1) is 18.8 Å². The molecule has 11 heavy (non-hydrogen) atoms. The molecule has 3 nitrogen and oxygen atoms in total. The normalized spacial score (nSPS) is 19.4. The van der Waals surface area contributed by atoms with E-state index in [4.69, 9.17) is 15.2 Å². The van der Waals surface area contributed by atoms with Crippen LogP contribution in [0.15, 0.2) is 0 Å². The zero-order valence-electron chi connectivity index (χ0n) is 7.83. The van der Waals surface area contributed by atoms with Gasteiger partial charge in [-0.15, -0.1) is 0 Å². The molecule has 0 aliphatic rings. The number of hydrogen-bond donors (Lipinski definition) is 1. The second-order valence-corrected chi connectivity index (χ2v) is 2.97. The highest BCUT2D eigenvalue weighted by molar-refractivity contribution is 4.64. The molecule has 68 valence electrons. The van der Waals surface area contributed by atoms with Gasteiger partial charge in [-0.3, -0.25) is 0 Å². The lowest BCUT2D eigenvalue weighted by molar-refractivity contribution is -0.0381. The van der Waals surface area contributed by atoms with E-state index in [0.29, 0.717) is 6.61 Å². The summed E-state index contributed by atoms with van der Waals surface area (Å²) >= 11 is 0. The van der Waals surface area contributed by atoms with Gasteiger partial charge in [-0.1, -0.05) is 0 Å². The van der Waals surface area contributed by atoms with E-state index in [1.807, 2.05) is 20.8 Å². The summed E-state index contributed by atoms with van der Waals surface area (Å²) in [7, 11) is 1.66. The largest absolute Gasteiger partial charge is 0.382 e. The van der Waals surface area contributed by atoms with E-state index in [2.05, 4.69) is 0 Å². The molecule has 0 spiro atoms. The van der Waals surface area contributed by atoms with E-state index in [1.165, 1.54) is 0 Å². The summed E-state index contributed by atoms with van der Waals surface area (Å²) in [5.41, 5.74) is 5.61. The maximum absolute atomic E-state index is 5.61. The predicted molar refractivity (Wildman–Crippen MR) is 45.5 cm³/mol. The molecule has 0 rings (SSSR count). The molecule has 2 N–H and O–H groups in total. The van der Waals surface area contributed by atoms with Gasteiger partial charge in [-0.2, -0.15) is 0 Å². The summed E-state index contributed by atoms with van der Waals surface area (Å²) in [5.74, 6) is 0. The van der Waals surface area contributed by atoms with Crippen molar-refractivity contribution in [3.63, 3.8) is 0 Å². The molecule has 0 saturated carbocycles. The van der Waals surface area contributed by atoms with Crippen molar-refractivity contribution in [2.45, 2.75) is 39.0 Å². The van der Waals surface area contributed by atoms with Crippen molar-refractivity contribution < 1.29 is 9.47 Å². The Labute approximate surface area is 68.9 Å². The Morgan fingerprint density at radius 2 is 1.82 bits per heavy atom. The molecule has 0 aliphatic heterocycles. The quantitative estimate of drug-likeness (QED) is 0.648. The van der Waals surface area contributed by atoms with Crippen molar-refractivity contribution >= 4 is 0 Å². The standard InChI is InChI=1S/C8H19NO2/c1-6(5-10-4)11-8(3)7(2)9/h6-8H,5,9H2,1-4H3/t6?,7-,8?/m1/s1. The number of ether oxygens (including phenoxy) is 2. The highest BCUT2D eigenvalue weighted by atomic mass is 16.5. The van der Waals surface area contributed by atoms with Gasteiger partial charge in [0.25, 0.3) is 0 Å². The van der Waals surface area contributed by atoms with Gasteiger partial charge in [-0.25, -0.2) is 0 Å². The van der Waals surface area contributed by atoms with Crippen molar-refractivity contribution in [3.8, 4) is 0 Å². The van der Waals surface area contributed by atoms with Crippen LogP contribution in [0.1, 0.15) is 20.8 Å². The average molecular weight is 161 g/mol. The van der Waals surface area contributed by atoms with E-state index in [9.17, 15) is 0 Å². The zero-order chi connectivity index (χ0) is 8.85. The van der Waals surface area contributed by atoms with Crippen molar-refractivity contribution in [1.82, 2.24) is 0 Å². The number of hydrogen-bond acceptors (Lipinski definition) is 3. The van der Waals surface area contributed by atoms with Gasteiger partial charge in [0.15, 0.2) is 0 Å². The third kappa shape index (κ3) is 5.18. The lowest BCUT2D eigenvalue weighted by Gasteiger charge is -2.21. The Morgan fingerprint density at radius 3 is 2.18 bits per heavy atom.